The molecule has 2 aromatic carbocycles. The fraction of sp³-hybridized carbons (Fsp3) is 0.350. The van der Waals surface area contributed by atoms with Crippen LogP contribution in [0.15, 0.2) is 48.5 Å². The van der Waals surface area contributed by atoms with Crippen molar-refractivity contribution in [3.63, 3.8) is 0 Å². The first-order chi connectivity index (χ1) is 12.6. The molecule has 2 amide bonds. The maximum absolute atomic E-state index is 12.1. The molecule has 0 saturated carbocycles. The van der Waals surface area contributed by atoms with E-state index >= 15 is 0 Å². The third-order valence-corrected chi connectivity index (χ3v) is 5.09. The number of hydrogen-bond donors (Lipinski definition) is 1. The molecular formula is C20H23Cl2N3O. The highest BCUT2D eigenvalue weighted by molar-refractivity contribution is 6.31. The molecule has 0 spiro atoms. The van der Waals surface area contributed by atoms with Gasteiger partial charge in [0, 0.05) is 42.8 Å². The number of nitrogens with zero attached hydrogens (tertiary/aromatic N) is 2. The van der Waals surface area contributed by atoms with Gasteiger partial charge in [0.1, 0.15) is 0 Å². The van der Waals surface area contributed by atoms with Crippen LogP contribution >= 0.6 is 23.2 Å². The van der Waals surface area contributed by atoms with E-state index in [1.54, 1.807) is 0 Å². The normalized spacial score (nSPS) is 15.3. The zero-order valence-electron chi connectivity index (χ0n) is 14.8. The summed E-state index contributed by atoms with van der Waals surface area (Å²) in [5.41, 5.74) is 2.26. The zero-order chi connectivity index (χ0) is 18.5. The molecule has 0 atom stereocenters. The summed E-state index contributed by atoms with van der Waals surface area (Å²) in [5.74, 6) is 0. The number of carbonyl (C=O) groups excluding carboxylic acids is 1. The molecule has 0 bridgehead atoms. The molecule has 3 rings (SSSR count). The summed E-state index contributed by atoms with van der Waals surface area (Å²) in [7, 11) is 0. The van der Waals surface area contributed by atoms with E-state index in [0.717, 1.165) is 34.3 Å². The molecule has 0 aliphatic carbocycles. The van der Waals surface area contributed by atoms with Gasteiger partial charge in [-0.05, 0) is 42.3 Å². The van der Waals surface area contributed by atoms with Crippen LogP contribution in [0.5, 0.6) is 0 Å². The van der Waals surface area contributed by atoms with Crippen molar-refractivity contribution in [3.8, 4) is 0 Å². The highest BCUT2D eigenvalue weighted by Crippen LogP contribution is 2.32. The number of rotatable bonds is 4. The predicted molar refractivity (Wildman–Crippen MR) is 107 cm³/mol. The Balaban J connectivity index is 1.84. The molecule has 26 heavy (non-hydrogen) atoms. The molecule has 6 heteroatoms. The van der Waals surface area contributed by atoms with E-state index in [4.69, 9.17) is 23.2 Å². The van der Waals surface area contributed by atoms with Crippen molar-refractivity contribution in [2.24, 2.45) is 0 Å². The van der Waals surface area contributed by atoms with Crippen molar-refractivity contribution in [1.82, 2.24) is 15.1 Å². The van der Waals surface area contributed by atoms with Crippen molar-refractivity contribution >= 4 is 29.2 Å². The standard InChI is InChI=1S/C20H23Cl2N3O/c1-2-23-20(26)25-11-9-24(10-12-25)19(15-5-3-7-17(21)13-15)16-6-4-8-18(22)14-16/h3-8,13-14,19H,2,9-12H2,1H3,(H,23,26). The van der Waals surface area contributed by atoms with E-state index in [-0.39, 0.29) is 12.1 Å². The first kappa shape index (κ1) is 19.0. The number of piperazine rings is 1. The number of halogens is 2. The van der Waals surface area contributed by atoms with Gasteiger partial charge >= 0.3 is 6.03 Å². The van der Waals surface area contributed by atoms with Crippen molar-refractivity contribution < 1.29 is 4.79 Å². The second kappa shape index (κ2) is 8.76. The van der Waals surface area contributed by atoms with Crippen LogP contribution in [0, 0.1) is 0 Å². The second-order valence-corrected chi connectivity index (χ2v) is 7.24. The molecule has 1 N–H and O–H groups in total. The lowest BCUT2D eigenvalue weighted by molar-refractivity contribution is 0.120. The highest BCUT2D eigenvalue weighted by atomic mass is 35.5. The Kier molecular flexibility index (Phi) is 6.41. The Hall–Kier alpha value is -1.75. The maximum Gasteiger partial charge on any atom is 0.317 e. The molecule has 138 valence electrons. The van der Waals surface area contributed by atoms with Gasteiger partial charge in [0.2, 0.25) is 0 Å². The van der Waals surface area contributed by atoms with E-state index in [9.17, 15) is 4.79 Å². The third kappa shape index (κ3) is 4.50. The van der Waals surface area contributed by atoms with E-state index in [1.807, 2.05) is 48.2 Å². The van der Waals surface area contributed by atoms with Crippen molar-refractivity contribution in [2.45, 2.75) is 13.0 Å². The summed E-state index contributed by atoms with van der Waals surface area (Å²) in [5, 5.41) is 4.31. The lowest BCUT2D eigenvalue weighted by atomic mass is 9.96. The summed E-state index contributed by atoms with van der Waals surface area (Å²) in [6, 6.07) is 16.0. The summed E-state index contributed by atoms with van der Waals surface area (Å²) >= 11 is 12.5. The fourth-order valence-corrected chi connectivity index (χ4v) is 3.81. The number of benzene rings is 2. The minimum absolute atomic E-state index is 0.00853. The first-order valence-corrected chi connectivity index (χ1v) is 9.62. The zero-order valence-corrected chi connectivity index (χ0v) is 16.3. The van der Waals surface area contributed by atoms with E-state index in [0.29, 0.717) is 19.6 Å². The summed E-state index contributed by atoms with van der Waals surface area (Å²) in [6.45, 7) is 5.56. The van der Waals surface area contributed by atoms with Gasteiger partial charge in [0.25, 0.3) is 0 Å². The Labute approximate surface area is 164 Å². The lowest BCUT2D eigenvalue weighted by Crippen LogP contribution is -2.52. The van der Waals surface area contributed by atoms with Gasteiger partial charge in [-0.15, -0.1) is 0 Å². The van der Waals surface area contributed by atoms with E-state index in [2.05, 4.69) is 22.3 Å². The molecule has 1 aliphatic heterocycles. The number of carbonyl (C=O) groups is 1. The average Bonchev–Trinajstić information content (AvgIpc) is 2.63. The maximum atomic E-state index is 12.1. The van der Waals surface area contributed by atoms with Crippen LogP contribution in [-0.4, -0.2) is 48.6 Å². The molecule has 4 nitrogen and oxygen atoms in total. The van der Waals surface area contributed by atoms with Gasteiger partial charge in [-0.2, -0.15) is 0 Å². The van der Waals surface area contributed by atoms with Crippen molar-refractivity contribution in [1.29, 1.82) is 0 Å². The fourth-order valence-electron chi connectivity index (χ4n) is 3.41. The van der Waals surface area contributed by atoms with Gasteiger partial charge in [-0.1, -0.05) is 47.5 Å². The Morgan fingerprint density at radius 1 is 1.00 bits per heavy atom. The molecule has 1 saturated heterocycles. The van der Waals surface area contributed by atoms with Crippen LogP contribution in [0.1, 0.15) is 24.1 Å². The van der Waals surface area contributed by atoms with Crippen LogP contribution < -0.4 is 5.32 Å². The molecule has 1 fully saturated rings. The topological polar surface area (TPSA) is 35.6 Å². The van der Waals surface area contributed by atoms with Crippen LogP contribution in [0.4, 0.5) is 4.79 Å². The number of hydrogen-bond acceptors (Lipinski definition) is 2. The molecule has 0 aromatic heterocycles. The lowest BCUT2D eigenvalue weighted by Gasteiger charge is -2.39. The summed E-state index contributed by atoms with van der Waals surface area (Å²) in [6.07, 6.45) is 0. The smallest absolute Gasteiger partial charge is 0.317 e. The van der Waals surface area contributed by atoms with Gasteiger partial charge in [0.05, 0.1) is 6.04 Å². The molecule has 0 radical (unpaired) electrons. The van der Waals surface area contributed by atoms with Crippen molar-refractivity contribution in [2.75, 3.05) is 32.7 Å². The van der Waals surface area contributed by atoms with Gasteiger partial charge in [-0.25, -0.2) is 4.79 Å². The van der Waals surface area contributed by atoms with Crippen LogP contribution in [0.2, 0.25) is 10.0 Å². The van der Waals surface area contributed by atoms with Crippen LogP contribution in [0.25, 0.3) is 0 Å². The van der Waals surface area contributed by atoms with Gasteiger partial charge in [0.15, 0.2) is 0 Å². The minimum Gasteiger partial charge on any atom is -0.338 e. The van der Waals surface area contributed by atoms with Gasteiger partial charge in [-0.3, -0.25) is 4.90 Å². The highest BCUT2D eigenvalue weighted by Gasteiger charge is 2.28. The third-order valence-electron chi connectivity index (χ3n) is 4.62. The van der Waals surface area contributed by atoms with E-state index in [1.165, 1.54) is 0 Å². The Bertz CT molecular complexity index is 715. The number of nitrogens with one attached hydrogen (secondary N) is 1. The first-order valence-electron chi connectivity index (χ1n) is 8.86. The quantitative estimate of drug-likeness (QED) is 0.836. The minimum atomic E-state index is 0.00853. The summed E-state index contributed by atoms with van der Waals surface area (Å²) in [4.78, 5) is 16.3. The summed E-state index contributed by atoms with van der Waals surface area (Å²) < 4.78 is 0. The SMILES string of the molecule is CCNC(=O)N1CCN(C(c2cccc(Cl)c2)c2cccc(Cl)c2)CC1. The molecule has 0 unspecified atom stereocenters. The number of urea groups is 1. The molecular weight excluding hydrogens is 369 g/mol. The largest absolute Gasteiger partial charge is 0.338 e. The van der Waals surface area contributed by atoms with E-state index < -0.39 is 0 Å². The monoisotopic (exact) mass is 391 g/mol. The van der Waals surface area contributed by atoms with Crippen LogP contribution in [0.3, 0.4) is 0 Å². The molecule has 2 aromatic rings. The second-order valence-electron chi connectivity index (χ2n) is 6.37. The van der Waals surface area contributed by atoms with Crippen molar-refractivity contribution in [3.05, 3.63) is 69.7 Å². The molecule has 1 aliphatic rings. The Morgan fingerprint density at radius 3 is 2.00 bits per heavy atom. The average molecular weight is 392 g/mol. The van der Waals surface area contributed by atoms with Gasteiger partial charge < -0.3 is 10.2 Å². The molecule has 1 heterocycles. The predicted octanol–water partition coefficient (Wildman–Crippen LogP) is 4.43. The number of amides is 2. The Morgan fingerprint density at radius 2 is 1.54 bits per heavy atom. The van der Waals surface area contributed by atoms with Crippen LogP contribution in [-0.2, 0) is 0 Å².